The minimum Gasteiger partial charge on any atom is -0.357 e. The van der Waals surface area contributed by atoms with Crippen LogP contribution in [0, 0.1) is 15.9 Å². The van der Waals surface area contributed by atoms with Crippen molar-refractivity contribution in [3.63, 3.8) is 0 Å². The minimum absolute atomic E-state index is 0.120. The van der Waals surface area contributed by atoms with E-state index in [2.05, 4.69) is 16.8 Å². The molecule has 0 bridgehead atoms. The maximum Gasteiger partial charge on any atom is 0.269 e. The van der Waals surface area contributed by atoms with Gasteiger partial charge in [-0.3, -0.25) is 15.0 Å². The van der Waals surface area contributed by atoms with Crippen molar-refractivity contribution >= 4 is 16.6 Å². The highest BCUT2D eigenvalue weighted by Gasteiger charge is 2.30. The Balaban J connectivity index is 1.65. The molecule has 2 heterocycles. The number of nitro groups is 1. The molecule has 0 aliphatic carbocycles. The van der Waals surface area contributed by atoms with E-state index >= 15 is 0 Å². The van der Waals surface area contributed by atoms with E-state index < -0.39 is 0 Å². The van der Waals surface area contributed by atoms with E-state index in [0.717, 1.165) is 41.4 Å². The van der Waals surface area contributed by atoms with Crippen molar-refractivity contribution in [2.45, 2.75) is 44.8 Å². The van der Waals surface area contributed by atoms with Crippen LogP contribution in [-0.4, -0.2) is 20.8 Å². The molecule has 0 radical (unpaired) electrons. The fourth-order valence-electron chi connectivity index (χ4n) is 4.13. The zero-order valence-corrected chi connectivity index (χ0v) is 15.2. The quantitative estimate of drug-likeness (QED) is 0.501. The fraction of sp³-hybridized carbons (Fsp3) is 0.333. The first-order chi connectivity index (χ1) is 13.0. The molecule has 0 amide bonds. The average Bonchev–Trinajstić information content (AvgIpc) is 3.06. The first-order valence-electron chi connectivity index (χ1n) is 9.28. The third-order valence-corrected chi connectivity index (χ3v) is 5.52. The molecular weight excluding hydrogens is 345 g/mol. The van der Waals surface area contributed by atoms with Crippen molar-refractivity contribution in [2.24, 2.45) is 0 Å². The summed E-state index contributed by atoms with van der Waals surface area (Å²) in [7, 11) is 0. The van der Waals surface area contributed by atoms with Crippen LogP contribution >= 0.6 is 0 Å². The summed E-state index contributed by atoms with van der Waals surface area (Å²) in [6.07, 6.45) is 3.23. The first kappa shape index (κ1) is 17.7. The van der Waals surface area contributed by atoms with Crippen LogP contribution in [0.25, 0.3) is 10.9 Å². The second kappa shape index (κ2) is 7.12. The van der Waals surface area contributed by atoms with E-state index in [4.69, 9.17) is 0 Å². The third-order valence-electron chi connectivity index (χ3n) is 5.52. The van der Waals surface area contributed by atoms with Crippen molar-refractivity contribution in [1.29, 1.82) is 0 Å². The van der Waals surface area contributed by atoms with Crippen LogP contribution in [-0.2, 0) is 6.54 Å². The van der Waals surface area contributed by atoms with Crippen molar-refractivity contribution < 1.29 is 9.31 Å². The molecule has 0 spiro atoms. The summed E-state index contributed by atoms with van der Waals surface area (Å²) in [6, 6.07) is 14.2. The number of benzene rings is 2. The average molecular weight is 367 g/mol. The zero-order valence-electron chi connectivity index (χ0n) is 15.2. The molecule has 1 aliphatic heterocycles. The molecule has 1 fully saturated rings. The number of aromatic nitrogens is 1. The van der Waals surface area contributed by atoms with Crippen LogP contribution in [0.4, 0.5) is 10.1 Å². The van der Waals surface area contributed by atoms with E-state index in [1.807, 2.05) is 12.1 Å². The van der Waals surface area contributed by atoms with Gasteiger partial charge >= 0.3 is 0 Å². The SMILES string of the molecule is CC1CCCC(c2cc3cc(F)ccc3[nH]2)N1Cc1cccc([N+](=O)[O-])c1. The maximum atomic E-state index is 13.5. The van der Waals surface area contributed by atoms with Crippen molar-refractivity contribution in [3.8, 4) is 0 Å². The highest BCUT2D eigenvalue weighted by molar-refractivity contribution is 5.80. The molecule has 140 valence electrons. The summed E-state index contributed by atoms with van der Waals surface area (Å²) in [5, 5.41) is 12.0. The van der Waals surface area contributed by atoms with Crippen LogP contribution in [0.2, 0.25) is 0 Å². The number of nitro benzene ring substituents is 1. The molecule has 1 saturated heterocycles. The molecule has 27 heavy (non-hydrogen) atoms. The predicted octanol–water partition coefficient (Wildman–Crippen LogP) is 5.33. The summed E-state index contributed by atoms with van der Waals surface area (Å²) in [5.41, 5.74) is 3.06. The topological polar surface area (TPSA) is 62.2 Å². The molecule has 6 heteroatoms. The summed E-state index contributed by atoms with van der Waals surface area (Å²) in [4.78, 5) is 16.6. The van der Waals surface area contributed by atoms with Crippen molar-refractivity contribution in [1.82, 2.24) is 9.88 Å². The standard InChI is InChI=1S/C21H22FN3O2/c1-14-4-2-7-21(20-12-16-11-17(22)8-9-19(16)23-20)24(14)13-15-5-3-6-18(10-15)25(26)27/h3,5-6,8-12,14,21,23H,2,4,7,13H2,1H3. The summed E-state index contributed by atoms with van der Waals surface area (Å²) < 4.78 is 13.5. The monoisotopic (exact) mass is 367 g/mol. The van der Waals surface area contributed by atoms with E-state index in [1.54, 1.807) is 24.3 Å². The zero-order chi connectivity index (χ0) is 19.0. The molecule has 2 unspecified atom stereocenters. The van der Waals surface area contributed by atoms with Gasteiger partial charge in [-0.15, -0.1) is 0 Å². The smallest absolute Gasteiger partial charge is 0.269 e. The number of nitrogens with one attached hydrogen (secondary N) is 1. The third kappa shape index (κ3) is 3.57. The van der Waals surface area contributed by atoms with Gasteiger partial charge in [-0.1, -0.05) is 12.1 Å². The largest absolute Gasteiger partial charge is 0.357 e. The van der Waals surface area contributed by atoms with Gasteiger partial charge < -0.3 is 4.98 Å². The molecular formula is C21H22FN3O2. The molecule has 3 aromatic rings. The predicted molar refractivity (Wildman–Crippen MR) is 103 cm³/mol. The molecule has 2 atom stereocenters. The minimum atomic E-state index is -0.354. The molecule has 1 aliphatic rings. The number of nitrogens with zero attached hydrogens (tertiary/aromatic N) is 2. The summed E-state index contributed by atoms with van der Waals surface area (Å²) in [5.74, 6) is -0.237. The summed E-state index contributed by atoms with van der Waals surface area (Å²) >= 11 is 0. The van der Waals surface area contributed by atoms with Gasteiger partial charge in [0.2, 0.25) is 0 Å². The van der Waals surface area contributed by atoms with Crippen LogP contribution in [0.1, 0.15) is 43.5 Å². The van der Waals surface area contributed by atoms with Crippen LogP contribution < -0.4 is 0 Å². The Labute approximate surface area is 157 Å². The van der Waals surface area contributed by atoms with Crippen LogP contribution in [0.15, 0.2) is 48.5 Å². The van der Waals surface area contributed by atoms with E-state index in [1.165, 1.54) is 12.1 Å². The lowest BCUT2D eigenvalue weighted by Gasteiger charge is -2.40. The molecule has 4 rings (SSSR count). The van der Waals surface area contributed by atoms with E-state index in [0.29, 0.717) is 12.6 Å². The highest BCUT2D eigenvalue weighted by Crippen LogP contribution is 2.36. The molecule has 2 aromatic carbocycles. The summed E-state index contributed by atoms with van der Waals surface area (Å²) in [6.45, 7) is 2.85. The van der Waals surface area contributed by atoms with Gasteiger partial charge in [0, 0.05) is 41.3 Å². The Hall–Kier alpha value is -2.73. The van der Waals surface area contributed by atoms with Gasteiger partial charge in [-0.2, -0.15) is 0 Å². The number of hydrogen-bond acceptors (Lipinski definition) is 3. The van der Waals surface area contributed by atoms with Gasteiger partial charge in [0.15, 0.2) is 0 Å². The van der Waals surface area contributed by atoms with Gasteiger partial charge in [0.05, 0.1) is 11.0 Å². The number of aromatic amines is 1. The molecule has 1 N–H and O–H groups in total. The lowest BCUT2D eigenvalue weighted by atomic mass is 9.93. The Morgan fingerprint density at radius 1 is 1.22 bits per heavy atom. The number of rotatable bonds is 4. The number of non-ortho nitro benzene ring substituents is 1. The number of hydrogen-bond donors (Lipinski definition) is 1. The number of likely N-dealkylation sites (tertiary alicyclic amines) is 1. The second-order valence-electron chi connectivity index (χ2n) is 7.35. The molecule has 1 aromatic heterocycles. The van der Waals surface area contributed by atoms with Crippen molar-refractivity contribution in [2.75, 3.05) is 0 Å². The number of fused-ring (bicyclic) bond motifs is 1. The first-order valence-corrected chi connectivity index (χ1v) is 9.28. The number of H-pyrrole nitrogens is 1. The lowest BCUT2D eigenvalue weighted by Crippen LogP contribution is -2.39. The maximum absolute atomic E-state index is 13.5. The Bertz CT molecular complexity index is 984. The van der Waals surface area contributed by atoms with Gasteiger partial charge in [0.1, 0.15) is 5.82 Å². The van der Waals surface area contributed by atoms with Gasteiger partial charge in [-0.05, 0) is 56.0 Å². The van der Waals surface area contributed by atoms with Crippen LogP contribution in [0.3, 0.4) is 0 Å². The number of halogens is 1. The fourth-order valence-corrected chi connectivity index (χ4v) is 4.13. The normalized spacial score (nSPS) is 20.8. The van der Waals surface area contributed by atoms with Crippen LogP contribution in [0.5, 0.6) is 0 Å². The Kier molecular flexibility index (Phi) is 4.66. The molecule has 5 nitrogen and oxygen atoms in total. The van der Waals surface area contributed by atoms with Gasteiger partial charge in [0.25, 0.3) is 5.69 Å². The molecule has 0 saturated carbocycles. The van der Waals surface area contributed by atoms with E-state index in [9.17, 15) is 14.5 Å². The Morgan fingerprint density at radius 2 is 2.07 bits per heavy atom. The number of piperidine rings is 1. The second-order valence-corrected chi connectivity index (χ2v) is 7.35. The Morgan fingerprint density at radius 3 is 2.89 bits per heavy atom. The van der Waals surface area contributed by atoms with Gasteiger partial charge in [-0.25, -0.2) is 4.39 Å². The lowest BCUT2D eigenvalue weighted by molar-refractivity contribution is -0.384. The van der Waals surface area contributed by atoms with E-state index in [-0.39, 0.29) is 22.5 Å². The highest BCUT2D eigenvalue weighted by atomic mass is 19.1. The van der Waals surface area contributed by atoms with Crippen molar-refractivity contribution in [3.05, 3.63) is 75.7 Å².